The number of hydrogen-bond donors (Lipinski definition) is 1. The highest BCUT2D eigenvalue weighted by Gasteiger charge is 2.00. The molecule has 0 unspecified atom stereocenters. The Labute approximate surface area is 198 Å². The van der Waals surface area contributed by atoms with Gasteiger partial charge in [0.05, 0.1) is 4.92 Å². The molecule has 0 aliphatic rings. The minimum atomic E-state index is -0.418. The molecule has 0 aliphatic carbocycles. The zero-order valence-electron chi connectivity index (χ0n) is 20.3. The van der Waals surface area contributed by atoms with E-state index in [1.165, 1.54) is 40.5 Å². The monoisotopic (exact) mass is 466 g/mol. The summed E-state index contributed by atoms with van der Waals surface area (Å²) in [4.78, 5) is 10.1. The molecule has 0 rings (SSSR count). The molecule has 176 valence electrons. The van der Waals surface area contributed by atoms with Crippen LogP contribution in [-0.4, -0.2) is 29.2 Å². The molecule has 0 fully saturated rings. The van der Waals surface area contributed by atoms with E-state index in [1.807, 2.05) is 18.0 Å². The molecule has 4 nitrogen and oxygen atoms in total. The summed E-state index contributed by atoms with van der Waals surface area (Å²) in [7, 11) is 0. The van der Waals surface area contributed by atoms with Crippen molar-refractivity contribution < 1.29 is 4.92 Å². The smallest absolute Gasteiger partial charge is 0.263 e. The van der Waals surface area contributed by atoms with E-state index in [-0.39, 0.29) is 0 Å². The lowest BCUT2D eigenvalue weighted by Crippen LogP contribution is -2.15. The van der Waals surface area contributed by atoms with E-state index in [1.54, 1.807) is 0 Å². The third-order valence-corrected chi connectivity index (χ3v) is 6.28. The molecule has 0 aromatic rings. The van der Waals surface area contributed by atoms with Crippen LogP contribution in [0, 0.1) is 10.1 Å². The molecule has 0 atom stereocenters. The van der Waals surface area contributed by atoms with Gasteiger partial charge in [-0.25, -0.2) is 0 Å². The zero-order valence-corrected chi connectivity index (χ0v) is 22.0. The SMILES string of the molecule is CS/C(=C/[N+](=O)[O-])NCCSC/C=C(\C)CC/C=C(\C)CC/C=C(\C)CCC=C(C)C. The van der Waals surface area contributed by atoms with Gasteiger partial charge in [0.2, 0.25) is 0 Å². The Morgan fingerprint density at radius 2 is 1.39 bits per heavy atom. The fourth-order valence-electron chi connectivity index (χ4n) is 2.78. The van der Waals surface area contributed by atoms with Gasteiger partial charge in [-0.1, -0.05) is 46.6 Å². The standard InChI is InChI=1S/C25H42N2O2S2/c1-21(2)10-7-11-22(3)12-8-13-23(4)14-9-15-24(5)16-18-31-19-17-26-25(30-6)20-27(28)29/h10,12,14,16,20,26H,7-9,11,13,15,17-19H2,1-6H3/b22-12+,23-14+,24-16+,25-20+. The molecule has 1 N–H and O–H groups in total. The molecule has 0 aromatic heterocycles. The highest BCUT2D eigenvalue weighted by atomic mass is 32.2. The van der Waals surface area contributed by atoms with Gasteiger partial charge in [0.25, 0.3) is 6.20 Å². The van der Waals surface area contributed by atoms with Gasteiger partial charge in [0.1, 0.15) is 5.03 Å². The summed E-state index contributed by atoms with van der Waals surface area (Å²) in [6.07, 6.45) is 19.1. The number of rotatable bonds is 17. The maximum atomic E-state index is 10.5. The quantitative estimate of drug-likeness (QED) is 0.102. The van der Waals surface area contributed by atoms with Gasteiger partial charge in [-0.3, -0.25) is 10.1 Å². The van der Waals surface area contributed by atoms with Crippen molar-refractivity contribution in [1.82, 2.24) is 5.32 Å². The topological polar surface area (TPSA) is 55.2 Å². The van der Waals surface area contributed by atoms with E-state index in [0.717, 1.165) is 56.4 Å². The lowest BCUT2D eigenvalue weighted by atomic mass is 10.0. The van der Waals surface area contributed by atoms with Gasteiger partial charge >= 0.3 is 0 Å². The van der Waals surface area contributed by atoms with Crippen LogP contribution in [0.3, 0.4) is 0 Å². The second kappa shape index (κ2) is 19.3. The molecule has 0 aliphatic heterocycles. The fourth-order valence-corrected chi connectivity index (χ4v) is 4.04. The Bertz CT molecular complexity index is 673. The van der Waals surface area contributed by atoms with Crippen LogP contribution in [0.25, 0.3) is 0 Å². The summed E-state index contributed by atoms with van der Waals surface area (Å²) in [5.41, 5.74) is 5.81. The van der Waals surface area contributed by atoms with Gasteiger partial charge in [-0.2, -0.15) is 11.8 Å². The van der Waals surface area contributed by atoms with E-state index >= 15 is 0 Å². The third-order valence-electron chi connectivity index (χ3n) is 4.69. The molecule has 31 heavy (non-hydrogen) atoms. The molecule has 0 bridgehead atoms. The Morgan fingerprint density at radius 1 is 0.871 bits per heavy atom. The number of thioether (sulfide) groups is 2. The number of allylic oxidation sites excluding steroid dienone is 7. The lowest BCUT2D eigenvalue weighted by molar-refractivity contribution is -0.403. The third kappa shape index (κ3) is 20.3. The summed E-state index contributed by atoms with van der Waals surface area (Å²) in [5, 5.41) is 14.2. The van der Waals surface area contributed by atoms with E-state index in [0.29, 0.717) is 5.03 Å². The second-order valence-electron chi connectivity index (χ2n) is 8.03. The number of nitro groups is 1. The van der Waals surface area contributed by atoms with Gasteiger partial charge in [0.15, 0.2) is 0 Å². The Kier molecular flexibility index (Phi) is 18.4. The maximum Gasteiger partial charge on any atom is 0.263 e. The first kappa shape index (κ1) is 29.6. The maximum absolute atomic E-state index is 10.5. The van der Waals surface area contributed by atoms with Gasteiger partial charge in [-0.05, 0) is 79.4 Å². The number of hydrogen-bond acceptors (Lipinski definition) is 5. The van der Waals surface area contributed by atoms with Crippen LogP contribution in [-0.2, 0) is 0 Å². The van der Waals surface area contributed by atoms with Crippen LogP contribution in [0.15, 0.2) is 57.8 Å². The molecule has 0 amide bonds. The van der Waals surface area contributed by atoms with Crippen LogP contribution >= 0.6 is 23.5 Å². The van der Waals surface area contributed by atoms with Crippen molar-refractivity contribution in [2.45, 2.75) is 73.1 Å². The predicted molar refractivity (Wildman–Crippen MR) is 142 cm³/mol. The first-order valence-corrected chi connectivity index (χ1v) is 13.4. The summed E-state index contributed by atoms with van der Waals surface area (Å²) < 4.78 is 0. The Hall–Kier alpha value is -1.40. The predicted octanol–water partition coefficient (Wildman–Crippen LogP) is 7.89. The van der Waals surface area contributed by atoms with E-state index in [4.69, 9.17) is 0 Å². The Balaban J connectivity index is 3.98. The van der Waals surface area contributed by atoms with Crippen molar-refractivity contribution in [2.75, 3.05) is 24.3 Å². The molecule has 0 radical (unpaired) electrons. The van der Waals surface area contributed by atoms with Gasteiger partial charge in [0, 0.05) is 18.1 Å². The summed E-state index contributed by atoms with van der Waals surface area (Å²) in [6, 6.07) is 0. The molecular weight excluding hydrogens is 424 g/mol. The normalized spacial score (nSPS) is 13.4. The molecule has 0 aromatic carbocycles. The molecule has 6 heteroatoms. The number of nitrogens with zero attached hydrogens (tertiary/aromatic N) is 1. The van der Waals surface area contributed by atoms with E-state index < -0.39 is 4.92 Å². The largest absolute Gasteiger partial charge is 0.374 e. The van der Waals surface area contributed by atoms with Crippen LogP contribution in [0.1, 0.15) is 73.1 Å². The van der Waals surface area contributed by atoms with Crippen molar-refractivity contribution in [1.29, 1.82) is 0 Å². The van der Waals surface area contributed by atoms with Crippen LogP contribution in [0.4, 0.5) is 0 Å². The van der Waals surface area contributed by atoms with Crippen LogP contribution in [0.2, 0.25) is 0 Å². The minimum Gasteiger partial charge on any atom is -0.374 e. The van der Waals surface area contributed by atoms with Crippen molar-refractivity contribution in [3.05, 3.63) is 67.9 Å². The average Bonchev–Trinajstić information content (AvgIpc) is 2.69. The Morgan fingerprint density at radius 3 is 1.87 bits per heavy atom. The minimum absolute atomic E-state index is 0.418. The fraction of sp³-hybridized carbons (Fsp3) is 0.600. The molecule has 0 spiro atoms. The van der Waals surface area contributed by atoms with Crippen molar-refractivity contribution in [3.63, 3.8) is 0 Å². The summed E-state index contributed by atoms with van der Waals surface area (Å²) in [6.45, 7) is 11.7. The van der Waals surface area contributed by atoms with Crippen molar-refractivity contribution >= 4 is 23.5 Å². The van der Waals surface area contributed by atoms with Gasteiger partial charge < -0.3 is 5.32 Å². The van der Waals surface area contributed by atoms with Crippen molar-refractivity contribution in [3.8, 4) is 0 Å². The molecule has 0 heterocycles. The molecule has 0 saturated carbocycles. The van der Waals surface area contributed by atoms with E-state index in [9.17, 15) is 10.1 Å². The first-order chi connectivity index (χ1) is 14.7. The highest BCUT2D eigenvalue weighted by molar-refractivity contribution is 8.02. The van der Waals surface area contributed by atoms with Gasteiger partial charge in [-0.15, -0.1) is 11.8 Å². The zero-order chi connectivity index (χ0) is 23.5. The summed E-state index contributed by atoms with van der Waals surface area (Å²) in [5.74, 6) is 1.92. The molecular formula is C25H42N2O2S2. The summed E-state index contributed by atoms with van der Waals surface area (Å²) >= 11 is 3.21. The van der Waals surface area contributed by atoms with E-state index in [2.05, 4.69) is 64.2 Å². The number of nitrogens with one attached hydrogen (secondary N) is 1. The highest BCUT2D eigenvalue weighted by Crippen LogP contribution is 2.14. The lowest BCUT2D eigenvalue weighted by Gasteiger charge is -2.05. The average molecular weight is 467 g/mol. The second-order valence-corrected chi connectivity index (χ2v) is 10.0. The molecule has 0 saturated heterocycles. The van der Waals surface area contributed by atoms with Crippen LogP contribution < -0.4 is 5.32 Å². The first-order valence-electron chi connectivity index (χ1n) is 11.1. The van der Waals surface area contributed by atoms with Crippen LogP contribution in [0.5, 0.6) is 0 Å². The van der Waals surface area contributed by atoms with Crippen molar-refractivity contribution in [2.24, 2.45) is 0 Å².